The number of thiophene rings is 1. The molecule has 1 amide bonds. The van der Waals surface area contributed by atoms with Crippen LogP contribution in [0.4, 0.5) is 5.69 Å². The van der Waals surface area contributed by atoms with Gasteiger partial charge >= 0.3 is 0 Å². The molecule has 0 aliphatic rings. The summed E-state index contributed by atoms with van der Waals surface area (Å²) in [6.07, 6.45) is 0. The SMILES string of the molecule is CCOc1ccc(NC(=O)c2cccs2)cc1Cl. The van der Waals surface area contributed by atoms with E-state index in [4.69, 9.17) is 16.3 Å². The van der Waals surface area contributed by atoms with Crippen molar-refractivity contribution in [2.75, 3.05) is 11.9 Å². The Morgan fingerprint density at radius 1 is 1.44 bits per heavy atom. The van der Waals surface area contributed by atoms with Gasteiger partial charge in [0, 0.05) is 5.69 Å². The Kier molecular flexibility index (Phi) is 4.23. The lowest BCUT2D eigenvalue weighted by Crippen LogP contribution is -2.10. The second-order valence-electron chi connectivity index (χ2n) is 3.51. The highest BCUT2D eigenvalue weighted by Crippen LogP contribution is 2.28. The molecule has 1 aromatic heterocycles. The molecule has 2 aromatic rings. The molecule has 0 radical (unpaired) electrons. The fraction of sp³-hybridized carbons (Fsp3) is 0.154. The van der Waals surface area contributed by atoms with E-state index >= 15 is 0 Å². The minimum atomic E-state index is -0.134. The van der Waals surface area contributed by atoms with Crippen LogP contribution < -0.4 is 10.1 Å². The van der Waals surface area contributed by atoms with Crippen LogP contribution in [-0.4, -0.2) is 12.5 Å². The summed E-state index contributed by atoms with van der Waals surface area (Å²) in [4.78, 5) is 12.5. The zero-order valence-corrected chi connectivity index (χ0v) is 11.3. The van der Waals surface area contributed by atoms with E-state index in [0.29, 0.717) is 27.9 Å². The summed E-state index contributed by atoms with van der Waals surface area (Å²) >= 11 is 7.44. The molecule has 0 fully saturated rings. The molecule has 0 aliphatic heterocycles. The lowest BCUT2D eigenvalue weighted by atomic mass is 10.3. The van der Waals surface area contributed by atoms with E-state index in [2.05, 4.69) is 5.32 Å². The van der Waals surface area contributed by atoms with Gasteiger partial charge in [0.15, 0.2) is 0 Å². The Labute approximate surface area is 114 Å². The average molecular weight is 282 g/mol. The minimum Gasteiger partial charge on any atom is -0.492 e. The summed E-state index contributed by atoms with van der Waals surface area (Å²) in [6, 6.07) is 8.80. The summed E-state index contributed by atoms with van der Waals surface area (Å²) < 4.78 is 5.33. The van der Waals surface area contributed by atoms with E-state index in [1.807, 2.05) is 18.4 Å². The summed E-state index contributed by atoms with van der Waals surface area (Å²) in [6.45, 7) is 2.45. The first kappa shape index (κ1) is 12.9. The van der Waals surface area contributed by atoms with Gasteiger partial charge in [-0.15, -0.1) is 11.3 Å². The zero-order valence-electron chi connectivity index (χ0n) is 9.77. The van der Waals surface area contributed by atoms with Gasteiger partial charge in [-0.05, 0) is 36.6 Å². The lowest BCUT2D eigenvalue weighted by molar-refractivity contribution is 0.103. The second-order valence-corrected chi connectivity index (χ2v) is 4.86. The van der Waals surface area contributed by atoms with Crippen molar-refractivity contribution in [2.45, 2.75) is 6.92 Å². The number of nitrogens with one attached hydrogen (secondary N) is 1. The highest BCUT2D eigenvalue weighted by Gasteiger charge is 2.08. The highest BCUT2D eigenvalue weighted by atomic mass is 35.5. The normalized spacial score (nSPS) is 10.1. The Morgan fingerprint density at radius 2 is 2.28 bits per heavy atom. The van der Waals surface area contributed by atoms with Crippen molar-refractivity contribution in [1.82, 2.24) is 0 Å². The highest BCUT2D eigenvalue weighted by molar-refractivity contribution is 7.12. The third kappa shape index (κ3) is 3.03. The van der Waals surface area contributed by atoms with E-state index in [1.165, 1.54) is 11.3 Å². The van der Waals surface area contributed by atoms with Crippen molar-refractivity contribution in [3.05, 3.63) is 45.6 Å². The number of carbonyl (C=O) groups excluding carboxylic acids is 1. The van der Waals surface area contributed by atoms with Gasteiger partial charge in [-0.2, -0.15) is 0 Å². The molecule has 5 heteroatoms. The van der Waals surface area contributed by atoms with Gasteiger partial charge < -0.3 is 10.1 Å². The molecule has 3 nitrogen and oxygen atoms in total. The number of hydrogen-bond acceptors (Lipinski definition) is 3. The molecule has 0 atom stereocenters. The van der Waals surface area contributed by atoms with E-state index in [-0.39, 0.29) is 5.91 Å². The topological polar surface area (TPSA) is 38.3 Å². The Bertz CT molecular complexity index is 540. The Morgan fingerprint density at radius 3 is 2.89 bits per heavy atom. The fourth-order valence-electron chi connectivity index (χ4n) is 1.45. The van der Waals surface area contributed by atoms with Gasteiger partial charge in [0.2, 0.25) is 0 Å². The van der Waals surface area contributed by atoms with Crippen LogP contribution in [0, 0.1) is 0 Å². The van der Waals surface area contributed by atoms with Gasteiger partial charge in [-0.3, -0.25) is 4.79 Å². The molecule has 18 heavy (non-hydrogen) atoms. The molecule has 0 aliphatic carbocycles. The maximum atomic E-state index is 11.8. The quantitative estimate of drug-likeness (QED) is 0.918. The van der Waals surface area contributed by atoms with Crippen LogP contribution in [0.15, 0.2) is 35.7 Å². The summed E-state index contributed by atoms with van der Waals surface area (Å²) in [5.74, 6) is 0.485. The van der Waals surface area contributed by atoms with Crippen LogP contribution in [0.1, 0.15) is 16.6 Å². The molecule has 0 spiro atoms. The number of hydrogen-bond donors (Lipinski definition) is 1. The van der Waals surface area contributed by atoms with Crippen LogP contribution in [0.2, 0.25) is 5.02 Å². The molecule has 2 rings (SSSR count). The number of halogens is 1. The first-order chi connectivity index (χ1) is 8.70. The number of ether oxygens (including phenoxy) is 1. The summed E-state index contributed by atoms with van der Waals surface area (Å²) in [5, 5.41) is 5.13. The van der Waals surface area contributed by atoms with Crippen LogP contribution >= 0.6 is 22.9 Å². The first-order valence-electron chi connectivity index (χ1n) is 5.48. The van der Waals surface area contributed by atoms with E-state index in [9.17, 15) is 4.79 Å². The van der Waals surface area contributed by atoms with Crippen molar-refractivity contribution in [3.8, 4) is 5.75 Å². The van der Waals surface area contributed by atoms with Gasteiger partial charge in [-0.25, -0.2) is 0 Å². The molecule has 0 bridgehead atoms. The van der Waals surface area contributed by atoms with Crippen molar-refractivity contribution in [1.29, 1.82) is 0 Å². The number of amides is 1. The van der Waals surface area contributed by atoms with Crippen LogP contribution in [0.5, 0.6) is 5.75 Å². The van der Waals surface area contributed by atoms with Gasteiger partial charge in [-0.1, -0.05) is 17.7 Å². The minimum absolute atomic E-state index is 0.134. The van der Waals surface area contributed by atoms with Crippen molar-refractivity contribution in [2.24, 2.45) is 0 Å². The Hall–Kier alpha value is -1.52. The zero-order chi connectivity index (χ0) is 13.0. The van der Waals surface area contributed by atoms with E-state index in [1.54, 1.807) is 24.3 Å². The largest absolute Gasteiger partial charge is 0.492 e. The van der Waals surface area contributed by atoms with Crippen LogP contribution in [0.3, 0.4) is 0 Å². The molecule has 0 unspecified atom stereocenters. The predicted octanol–water partition coefficient (Wildman–Crippen LogP) is 4.05. The van der Waals surface area contributed by atoms with Crippen LogP contribution in [0.25, 0.3) is 0 Å². The molecule has 0 saturated carbocycles. The fourth-order valence-corrected chi connectivity index (χ4v) is 2.31. The second kappa shape index (κ2) is 5.89. The molecular formula is C13H12ClNO2S. The smallest absolute Gasteiger partial charge is 0.265 e. The molecule has 1 heterocycles. The third-order valence-electron chi connectivity index (χ3n) is 2.23. The van der Waals surface area contributed by atoms with E-state index < -0.39 is 0 Å². The average Bonchev–Trinajstić information content (AvgIpc) is 2.86. The Balaban J connectivity index is 2.11. The molecule has 0 saturated heterocycles. The van der Waals surface area contributed by atoms with Crippen molar-refractivity contribution < 1.29 is 9.53 Å². The van der Waals surface area contributed by atoms with Gasteiger partial charge in [0.05, 0.1) is 16.5 Å². The monoisotopic (exact) mass is 281 g/mol. The number of carbonyl (C=O) groups is 1. The molecule has 1 aromatic carbocycles. The lowest BCUT2D eigenvalue weighted by Gasteiger charge is -2.08. The standard InChI is InChI=1S/C13H12ClNO2S/c1-2-17-11-6-5-9(8-10(11)14)15-13(16)12-4-3-7-18-12/h3-8H,2H2,1H3,(H,15,16). The number of anilines is 1. The molecule has 94 valence electrons. The number of rotatable bonds is 4. The summed E-state index contributed by atoms with van der Waals surface area (Å²) in [7, 11) is 0. The predicted molar refractivity (Wildman–Crippen MR) is 74.9 cm³/mol. The van der Waals surface area contributed by atoms with Gasteiger partial charge in [0.1, 0.15) is 5.75 Å². The van der Waals surface area contributed by atoms with Gasteiger partial charge in [0.25, 0.3) is 5.91 Å². The maximum Gasteiger partial charge on any atom is 0.265 e. The first-order valence-corrected chi connectivity index (χ1v) is 6.73. The molecular weight excluding hydrogens is 270 g/mol. The number of benzene rings is 1. The third-order valence-corrected chi connectivity index (χ3v) is 3.40. The maximum absolute atomic E-state index is 11.8. The van der Waals surface area contributed by atoms with Crippen molar-refractivity contribution >= 4 is 34.5 Å². The molecule has 1 N–H and O–H groups in total. The van der Waals surface area contributed by atoms with E-state index in [0.717, 1.165) is 0 Å². The van der Waals surface area contributed by atoms with Crippen molar-refractivity contribution in [3.63, 3.8) is 0 Å². The van der Waals surface area contributed by atoms with Crippen LogP contribution in [-0.2, 0) is 0 Å². The summed E-state index contributed by atoms with van der Waals surface area (Å²) in [5.41, 5.74) is 0.654.